The molecule has 0 aliphatic carbocycles. The first-order chi connectivity index (χ1) is 9.25. The highest BCUT2D eigenvalue weighted by Crippen LogP contribution is 2.17. The van der Waals surface area contributed by atoms with Gasteiger partial charge in [0.2, 0.25) is 0 Å². The van der Waals surface area contributed by atoms with Crippen LogP contribution in [0.15, 0.2) is 60.7 Å². The molecule has 0 aliphatic rings. The molecule has 0 saturated heterocycles. The minimum atomic E-state index is -0.351. The van der Waals surface area contributed by atoms with Crippen LogP contribution in [0.2, 0.25) is 0 Å². The summed E-state index contributed by atoms with van der Waals surface area (Å²) in [6.07, 6.45) is 1.90. The number of benzene rings is 2. The second-order valence-corrected chi connectivity index (χ2v) is 4.93. The zero-order valence-electron chi connectivity index (χ0n) is 11.1. The van der Waals surface area contributed by atoms with E-state index in [1.165, 1.54) is 5.56 Å². The molecular weight excluding hydrogens is 234 g/mol. The number of aryl methyl sites for hydroxylation is 1. The second-order valence-electron chi connectivity index (χ2n) is 4.93. The van der Waals surface area contributed by atoms with E-state index in [4.69, 9.17) is 5.73 Å². The van der Waals surface area contributed by atoms with E-state index in [1.807, 2.05) is 48.5 Å². The summed E-state index contributed by atoms with van der Waals surface area (Å²) in [6.45, 7) is 0. The summed E-state index contributed by atoms with van der Waals surface area (Å²) in [5, 5.41) is 10.1. The summed E-state index contributed by atoms with van der Waals surface area (Å²) >= 11 is 0. The third-order valence-corrected chi connectivity index (χ3v) is 3.36. The van der Waals surface area contributed by atoms with Gasteiger partial charge in [-0.05, 0) is 30.4 Å². The number of hydrogen-bond donors (Lipinski definition) is 2. The van der Waals surface area contributed by atoms with Gasteiger partial charge in [0, 0.05) is 6.04 Å². The van der Waals surface area contributed by atoms with Gasteiger partial charge >= 0.3 is 0 Å². The van der Waals surface area contributed by atoms with Gasteiger partial charge in [-0.2, -0.15) is 0 Å². The molecule has 100 valence electrons. The van der Waals surface area contributed by atoms with Crippen molar-refractivity contribution < 1.29 is 5.11 Å². The summed E-state index contributed by atoms with van der Waals surface area (Å²) in [5.41, 5.74) is 8.45. The molecule has 3 N–H and O–H groups in total. The lowest BCUT2D eigenvalue weighted by atomic mass is 9.98. The van der Waals surface area contributed by atoms with Crippen LogP contribution < -0.4 is 5.73 Å². The lowest BCUT2D eigenvalue weighted by Crippen LogP contribution is -2.19. The van der Waals surface area contributed by atoms with Gasteiger partial charge in [-0.1, -0.05) is 60.7 Å². The van der Waals surface area contributed by atoms with Gasteiger partial charge in [0.15, 0.2) is 0 Å². The molecule has 1 unspecified atom stereocenters. The minimum absolute atomic E-state index is 0.0908. The SMILES string of the molecule is N[C@H](CC(O)CCc1ccccc1)c1ccccc1. The monoisotopic (exact) mass is 255 g/mol. The molecule has 0 aliphatic heterocycles. The Labute approximate surface area is 114 Å². The van der Waals surface area contributed by atoms with Gasteiger partial charge in [-0.3, -0.25) is 0 Å². The average molecular weight is 255 g/mol. The predicted octanol–water partition coefficient (Wildman–Crippen LogP) is 3.07. The van der Waals surface area contributed by atoms with E-state index in [0.717, 1.165) is 18.4 Å². The van der Waals surface area contributed by atoms with E-state index < -0.39 is 0 Å². The molecule has 2 heteroatoms. The Bertz CT molecular complexity index is 469. The standard InChI is InChI=1S/C17H21NO/c18-17(15-9-5-2-6-10-15)13-16(19)12-11-14-7-3-1-4-8-14/h1-10,16-17,19H,11-13,18H2/t16?,17-/m1/s1. The Morgan fingerprint density at radius 3 is 2.11 bits per heavy atom. The molecular formula is C17H21NO. The molecule has 0 fully saturated rings. The first-order valence-corrected chi connectivity index (χ1v) is 6.78. The highest BCUT2D eigenvalue weighted by molar-refractivity contribution is 5.18. The Morgan fingerprint density at radius 2 is 1.47 bits per heavy atom. The Hall–Kier alpha value is -1.64. The maximum absolute atomic E-state index is 10.1. The maximum Gasteiger partial charge on any atom is 0.0561 e. The number of rotatable bonds is 6. The van der Waals surface area contributed by atoms with Crippen molar-refractivity contribution in [2.75, 3.05) is 0 Å². The highest BCUT2D eigenvalue weighted by atomic mass is 16.3. The van der Waals surface area contributed by atoms with Crippen LogP contribution in [0.5, 0.6) is 0 Å². The van der Waals surface area contributed by atoms with Gasteiger partial charge < -0.3 is 10.8 Å². The van der Waals surface area contributed by atoms with Crippen molar-refractivity contribution in [2.24, 2.45) is 5.73 Å². The van der Waals surface area contributed by atoms with Crippen LogP contribution in [0.25, 0.3) is 0 Å². The molecule has 0 aromatic heterocycles. The smallest absolute Gasteiger partial charge is 0.0561 e. The van der Waals surface area contributed by atoms with Crippen molar-refractivity contribution in [3.8, 4) is 0 Å². The molecule has 19 heavy (non-hydrogen) atoms. The molecule has 0 amide bonds. The molecule has 2 atom stereocenters. The van der Waals surface area contributed by atoms with Crippen LogP contribution in [0.4, 0.5) is 0 Å². The van der Waals surface area contributed by atoms with E-state index in [0.29, 0.717) is 6.42 Å². The first kappa shape index (κ1) is 13.8. The highest BCUT2D eigenvalue weighted by Gasteiger charge is 2.12. The first-order valence-electron chi connectivity index (χ1n) is 6.78. The molecule has 0 spiro atoms. The number of aliphatic hydroxyl groups excluding tert-OH is 1. The van der Waals surface area contributed by atoms with E-state index in [9.17, 15) is 5.11 Å². The van der Waals surface area contributed by atoms with E-state index in [1.54, 1.807) is 0 Å². The molecule has 0 heterocycles. The Balaban J connectivity index is 1.80. The zero-order chi connectivity index (χ0) is 13.5. The van der Waals surface area contributed by atoms with Crippen molar-refractivity contribution >= 4 is 0 Å². The van der Waals surface area contributed by atoms with Crippen molar-refractivity contribution in [1.29, 1.82) is 0 Å². The van der Waals surface area contributed by atoms with Crippen LogP contribution in [0.1, 0.15) is 30.0 Å². The van der Waals surface area contributed by atoms with Crippen molar-refractivity contribution in [1.82, 2.24) is 0 Å². The van der Waals surface area contributed by atoms with Crippen LogP contribution >= 0.6 is 0 Å². The Morgan fingerprint density at radius 1 is 0.895 bits per heavy atom. The van der Waals surface area contributed by atoms with Gasteiger partial charge in [0.1, 0.15) is 0 Å². The van der Waals surface area contributed by atoms with Gasteiger partial charge in [-0.25, -0.2) is 0 Å². The second kappa shape index (κ2) is 7.07. The molecule has 0 radical (unpaired) electrons. The van der Waals surface area contributed by atoms with Gasteiger partial charge in [-0.15, -0.1) is 0 Å². The van der Waals surface area contributed by atoms with Crippen molar-refractivity contribution in [3.05, 3.63) is 71.8 Å². The Kier molecular flexibility index (Phi) is 5.13. The largest absolute Gasteiger partial charge is 0.393 e. The minimum Gasteiger partial charge on any atom is -0.393 e. The fourth-order valence-corrected chi connectivity index (χ4v) is 2.23. The maximum atomic E-state index is 10.1. The summed E-state index contributed by atoms with van der Waals surface area (Å²) in [6, 6.07) is 20.1. The molecule has 0 saturated carbocycles. The molecule has 2 aromatic carbocycles. The topological polar surface area (TPSA) is 46.2 Å². The lowest BCUT2D eigenvalue weighted by molar-refractivity contribution is 0.146. The molecule has 2 rings (SSSR count). The average Bonchev–Trinajstić information content (AvgIpc) is 2.47. The van der Waals surface area contributed by atoms with Crippen LogP contribution in [-0.4, -0.2) is 11.2 Å². The van der Waals surface area contributed by atoms with Crippen LogP contribution in [0, 0.1) is 0 Å². The predicted molar refractivity (Wildman–Crippen MR) is 78.8 cm³/mol. The van der Waals surface area contributed by atoms with Gasteiger partial charge in [0.25, 0.3) is 0 Å². The van der Waals surface area contributed by atoms with E-state index in [-0.39, 0.29) is 12.1 Å². The van der Waals surface area contributed by atoms with Gasteiger partial charge in [0.05, 0.1) is 6.10 Å². The molecule has 2 nitrogen and oxygen atoms in total. The molecule has 2 aromatic rings. The quantitative estimate of drug-likeness (QED) is 0.833. The fourth-order valence-electron chi connectivity index (χ4n) is 2.23. The number of hydrogen-bond acceptors (Lipinski definition) is 2. The summed E-state index contributed by atoms with van der Waals surface area (Å²) < 4.78 is 0. The van der Waals surface area contributed by atoms with Crippen LogP contribution in [0.3, 0.4) is 0 Å². The summed E-state index contributed by atoms with van der Waals surface area (Å²) in [5.74, 6) is 0. The fraction of sp³-hybridized carbons (Fsp3) is 0.294. The third-order valence-electron chi connectivity index (χ3n) is 3.36. The third kappa shape index (κ3) is 4.51. The van der Waals surface area contributed by atoms with E-state index in [2.05, 4.69) is 12.1 Å². The van der Waals surface area contributed by atoms with Crippen LogP contribution in [-0.2, 0) is 6.42 Å². The number of aliphatic hydroxyl groups is 1. The summed E-state index contributed by atoms with van der Waals surface area (Å²) in [4.78, 5) is 0. The number of nitrogens with two attached hydrogens (primary N) is 1. The lowest BCUT2D eigenvalue weighted by Gasteiger charge is -2.16. The van der Waals surface area contributed by atoms with E-state index >= 15 is 0 Å². The normalized spacial score (nSPS) is 14.0. The van der Waals surface area contributed by atoms with Crippen molar-refractivity contribution in [3.63, 3.8) is 0 Å². The molecule has 0 bridgehead atoms. The summed E-state index contributed by atoms with van der Waals surface area (Å²) in [7, 11) is 0. The van der Waals surface area contributed by atoms with Crippen molar-refractivity contribution in [2.45, 2.75) is 31.4 Å². The zero-order valence-corrected chi connectivity index (χ0v) is 11.1.